The van der Waals surface area contributed by atoms with Gasteiger partial charge in [-0.25, -0.2) is 4.79 Å². The van der Waals surface area contributed by atoms with E-state index in [1.54, 1.807) is 46.2 Å². The number of carbonyl (C=O) groups is 2. The predicted octanol–water partition coefficient (Wildman–Crippen LogP) is 1.77. The summed E-state index contributed by atoms with van der Waals surface area (Å²) >= 11 is 0. The lowest BCUT2D eigenvalue weighted by Crippen LogP contribution is -2.33. The van der Waals surface area contributed by atoms with Gasteiger partial charge in [0.2, 0.25) is 5.89 Å². The Morgan fingerprint density at radius 2 is 2.07 bits per heavy atom. The molecule has 1 aromatic heterocycles. The molecule has 9 heteroatoms. The largest absolute Gasteiger partial charge is 0.383 e. The van der Waals surface area contributed by atoms with E-state index >= 15 is 0 Å². The summed E-state index contributed by atoms with van der Waals surface area (Å²) in [7, 11) is 3.25. The van der Waals surface area contributed by atoms with Crippen LogP contribution in [0.25, 0.3) is 0 Å². The molecule has 0 aliphatic carbocycles. The van der Waals surface area contributed by atoms with Crippen LogP contribution in [-0.2, 0) is 11.2 Å². The maximum Gasteiger partial charge on any atom is 0.321 e. The fourth-order valence-corrected chi connectivity index (χ4v) is 2.40. The monoisotopic (exact) mass is 375 g/mol. The summed E-state index contributed by atoms with van der Waals surface area (Å²) in [4.78, 5) is 30.3. The van der Waals surface area contributed by atoms with Gasteiger partial charge in [0.05, 0.1) is 6.61 Å². The highest BCUT2D eigenvalue weighted by Gasteiger charge is 2.15. The van der Waals surface area contributed by atoms with Crippen molar-refractivity contribution in [1.29, 1.82) is 0 Å². The summed E-state index contributed by atoms with van der Waals surface area (Å²) in [6.45, 7) is 4.80. The van der Waals surface area contributed by atoms with E-state index in [1.165, 1.54) is 4.90 Å². The van der Waals surface area contributed by atoms with Crippen LogP contribution in [0, 0.1) is 13.8 Å². The lowest BCUT2D eigenvalue weighted by atomic mass is 10.1. The van der Waals surface area contributed by atoms with Gasteiger partial charge in [-0.1, -0.05) is 11.2 Å². The first-order valence-corrected chi connectivity index (χ1v) is 8.60. The number of hydrogen-bond donors (Lipinski definition) is 2. The molecule has 1 aromatic carbocycles. The van der Waals surface area contributed by atoms with Crippen molar-refractivity contribution in [2.75, 3.05) is 39.2 Å². The summed E-state index contributed by atoms with van der Waals surface area (Å²) in [5.74, 6) is 0.841. The van der Waals surface area contributed by atoms with Crippen LogP contribution in [0.3, 0.4) is 0 Å². The minimum absolute atomic E-state index is 0.207. The molecular weight excluding hydrogens is 350 g/mol. The first-order chi connectivity index (χ1) is 12.9. The van der Waals surface area contributed by atoms with Crippen LogP contribution in [0.5, 0.6) is 0 Å². The minimum atomic E-state index is -0.282. The molecule has 0 aliphatic heterocycles. The standard InChI is InChI=1S/C18H25N5O4/c1-12-14(17(24)19-9-11-26-4)6-5-7-15(12)21-18(25)23(3)10-8-16-20-13(2)27-22-16/h5-7H,8-11H2,1-4H3,(H,19,24)(H,21,25). The fourth-order valence-electron chi connectivity index (χ4n) is 2.40. The number of hydrogen-bond acceptors (Lipinski definition) is 6. The van der Waals surface area contributed by atoms with Gasteiger partial charge in [-0.05, 0) is 24.6 Å². The summed E-state index contributed by atoms with van der Waals surface area (Å²) in [6, 6.07) is 4.93. The summed E-state index contributed by atoms with van der Waals surface area (Å²) in [5.41, 5.74) is 1.79. The lowest BCUT2D eigenvalue weighted by molar-refractivity contribution is 0.0936. The van der Waals surface area contributed by atoms with E-state index in [0.29, 0.717) is 54.6 Å². The van der Waals surface area contributed by atoms with E-state index in [0.717, 1.165) is 0 Å². The highest BCUT2D eigenvalue weighted by atomic mass is 16.5. The number of methoxy groups -OCH3 is 1. The van der Waals surface area contributed by atoms with E-state index in [1.807, 2.05) is 0 Å². The number of nitrogens with zero attached hydrogens (tertiary/aromatic N) is 3. The average Bonchev–Trinajstić information content (AvgIpc) is 3.06. The Balaban J connectivity index is 1.96. The number of rotatable bonds is 8. The van der Waals surface area contributed by atoms with Gasteiger partial charge < -0.3 is 24.8 Å². The molecule has 0 atom stereocenters. The Bertz CT molecular complexity index is 790. The van der Waals surface area contributed by atoms with Crippen molar-refractivity contribution in [3.05, 3.63) is 41.0 Å². The van der Waals surface area contributed by atoms with E-state index in [9.17, 15) is 9.59 Å². The Labute approximate surface area is 158 Å². The number of likely N-dealkylation sites (N-methyl/N-ethyl adjacent to an activating group) is 1. The van der Waals surface area contributed by atoms with Crippen molar-refractivity contribution in [1.82, 2.24) is 20.4 Å². The number of nitrogens with one attached hydrogen (secondary N) is 2. The number of aryl methyl sites for hydroxylation is 1. The van der Waals surface area contributed by atoms with Crippen LogP contribution < -0.4 is 10.6 Å². The number of aromatic nitrogens is 2. The molecule has 27 heavy (non-hydrogen) atoms. The minimum Gasteiger partial charge on any atom is -0.383 e. The van der Waals surface area contributed by atoms with Gasteiger partial charge in [-0.15, -0.1) is 0 Å². The van der Waals surface area contributed by atoms with Crippen molar-refractivity contribution in [2.24, 2.45) is 0 Å². The first-order valence-electron chi connectivity index (χ1n) is 8.60. The van der Waals surface area contributed by atoms with Gasteiger partial charge in [-0.3, -0.25) is 4.79 Å². The molecule has 2 aromatic rings. The fraction of sp³-hybridized carbons (Fsp3) is 0.444. The molecule has 0 fully saturated rings. The molecule has 0 aliphatic rings. The third-order valence-electron chi connectivity index (χ3n) is 4.00. The van der Waals surface area contributed by atoms with Crippen LogP contribution in [-0.4, -0.2) is 60.8 Å². The van der Waals surface area contributed by atoms with E-state index in [2.05, 4.69) is 20.8 Å². The summed E-state index contributed by atoms with van der Waals surface area (Å²) < 4.78 is 9.84. The number of benzene rings is 1. The third-order valence-corrected chi connectivity index (χ3v) is 4.00. The highest BCUT2D eigenvalue weighted by molar-refractivity contribution is 5.99. The molecule has 0 saturated carbocycles. The van der Waals surface area contributed by atoms with Gasteiger partial charge in [0.15, 0.2) is 5.82 Å². The second-order valence-corrected chi connectivity index (χ2v) is 6.06. The van der Waals surface area contributed by atoms with Gasteiger partial charge in [0.1, 0.15) is 0 Å². The lowest BCUT2D eigenvalue weighted by Gasteiger charge is -2.19. The second-order valence-electron chi connectivity index (χ2n) is 6.06. The van der Waals surface area contributed by atoms with Gasteiger partial charge in [-0.2, -0.15) is 4.98 Å². The summed E-state index contributed by atoms with van der Waals surface area (Å²) in [6.07, 6.45) is 0.488. The number of anilines is 1. The maximum absolute atomic E-state index is 12.4. The van der Waals surface area contributed by atoms with Crippen LogP contribution in [0.15, 0.2) is 22.7 Å². The van der Waals surface area contributed by atoms with Crippen molar-refractivity contribution in [3.63, 3.8) is 0 Å². The van der Waals surface area contributed by atoms with Crippen molar-refractivity contribution in [3.8, 4) is 0 Å². The molecule has 0 unspecified atom stereocenters. The number of ether oxygens (including phenoxy) is 1. The zero-order chi connectivity index (χ0) is 19.8. The third kappa shape index (κ3) is 5.78. The molecule has 3 amide bonds. The number of amides is 3. The Morgan fingerprint density at radius 3 is 2.74 bits per heavy atom. The van der Waals surface area contributed by atoms with Crippen LogP contribution in [0.2, 0.25) is 0 Å². The van der Waals surface area contributed by atoms with Crippen LogP contribution >= 0.6 is 0 Å². The molecule has 0 spiro atoms. The van der Waals surface area contributed by atoms with Crippen LogP contribution in [0.1, 0.15) is 27.6 Å². The number of carbonyl (C=O) groups excluding carboxylic acids is 2. The zero-order valence-corrected chi connectivity index (χ0v) is 16.0. The predicted molar refractivity (Wildman–Crippen MR) is 99.8 cm³/mol. The molecular formula is C18H25N5O4. The zero-order valence-electron chi connectivity index (χ0n) is 16.0. The molecule has 146 valence electrons. The molecule has 0 bridgehead atoms. The molecule has 1 heterocycles. The Kier molecular flexibility index (Phi) is 7.30. The molecule has 0 radical (unpaired) electrons. The normalized spacial score (nSPS) is 10.5. The van der Waals surface area contributed by atoms with E-state index in [-0.39, 0.29) is 11.9 Å². The molecule has 2 N–H and O–H groups in total. The molecule has 2 rings (SSSR count). The number of urea groups is 1. The first kappa shape index (κ1) is 20.4. The molecule has 0 saturated heterocycles. The Hall–Kier alpha value is -2.94. The van der Waals surface area contributed by atoms with Crippen molar-refractivity contribution < 1.29 is 18.8 Å². The second kappa shape index (κ2) is 9.67. The van der Waals surface area contributed by atoms with Gasteiger partial charge >= 0.3 is 6.03 Å². The summed E-state index contributed by atoms with van der Waals surface area (Å²) in [5, 5.41) is 9.42. The smallest absolute Gasteiger partial charge is 0.321 e. The van der Waals surface area contributed by atoms with Crippen molar-refractivity contribution >= 4 is 17.6 Å². The topological polar surface area (TPSA) is 110 Å². The Morgan fingerprint density at radius 1 is 1.30 bits per heavy atom. The maximum atomic E-state index is 12.4. The van der Waals surface area contributed by atoms with Crippen molar-refractivity contribution in [2.45, 2.75) is 20.3 Å². The van der Waals surface area contributed by atoms with Gasteiger partial charge in [0, 0.05) is 51.8 Å². The van der Waals surface area contributed by atoms with E-state index < -0.39 is 0 Å². The van der Waals surface area contributed by atoms with Crippen LogP contribution in [0.4, 0.5) is 10.5 Å². The molecule has 9 nitrogen and oxygen atoms in total. The highest BCUT2D eigenvalue weighted by Crippen LogP contribution is 2.19. The van der Waals surface area contributed by atoms with Gasteiger partial charge in [0.25, 0.3) is 5.91 Å². The average molecular weight is 375 g/mol. The quantitative estimate of drug-likeness (QED) is 0.681. The van der Waals surface area contributed by atoms with E-state index in [4.69, 9.17) is 9.26 Å². The SMILES string of the molecule is COCCNC(=O)c1cccc(NC(=O)N(C)CCc2noc(C)n2)c1C.